The zero-order valence-corrected chi connectivity index (χ0v) is 12.0. The molecule has 1 amide bonds. The fraction of sp³-hybridized carbons (Fsp3) is 0.500. The van der Waals surface area contributed by atoms with E-state index in [1.165, 1.54) is 7.11 Å². The van der Waals surface area contributed by atoms with Crippen LogP contribution in [-0.2, 0) is 4.79 Å². The van der Waals surface area contributed by atoms with E-state index in [2.05, 4.69) is 10.2 Å². The third kappa shape index (κ3) is 3.69. The number of nitrogens with zero attached hydrogens (tertiary/aromatic N) is 3. The first-order chi connectivity index (χ1) is 9.58. The molecule has 0 radical (unpaired) electrons. The van der Waals surface area contributed by atoms with Gasteiger partial charge in [-0.2, -0.15) is 0 Å². The lowest BCUT2D eigenvalue weighted by Crippen LogP contribution is -2.29. The minimum Gasteiger partial charge on any atom is -0.480 e. The van der Waals surface area contributed by atoms with Crippen molar-refractivity contribution in [3.8, 4) is 11.8 Å². The molecule has 1 aromatic heterocycles. The molecule has 1 atom stereocenters. The molecule has 0 bridgehead atoms. The summed E-state index contributed by atoms with van der Waals surface area (Å²) in [6, 6.07) is 3.41. The van der Waals surface area contributed by atoms with Crippen molar-refractivity contribution in [2.45, 2.75) is 26.4 Å². The maximum absolute atomic E-state index is 11.9. The van der Waals surface area contributed by atoms with Gasteiger partial charge < -0.3 is 14.4 Å². The maximum atomic E-state index is 11.9. The van der Waals surface area contributed by atoms with Crippen LogP contribution in [0, 0.1) is 0 Å². The minimum absolute atomic E-state index is 0.0350. The first-order valence-electron chi connectivity index (χ1n) is 6.56. The Labute approximate surface area is 118 Å². The van der Waals surface area contributed by atoms with Crippen LogP contribution in [0.15, 0.2) is 23.8 Å². The molecule has 0 N–H and O–H groups in total. The minimum atomic E-state index is -0.0350. The summed E-state index contributed by atoms with van der Waals surface area (Å²) in [4.78, 5) is 13.7. The highest BCUT2D eigenvalue weighted by atomic mass is 16.5. The third-order valence-electron chi connectivity index (χ3n) is 2.98. The predicted octanol–water partition coefficient (Wildman–Crippen LogP) is 1.43. The van der Waals surface area contributed by atoms with Gasteiger partial charge >= 0.3 is 0 Å². The van der Waals surface area contributed by atoms with Crippen molar-refractivity contribution < 1.29 is 14.3 Å². The number of amides is 1. The Kier molecular flexibility index (Phi) is 4.55. The highest BCUT2D eigenvalue weighted by Gasteiger charge is 2.26. The fourth-order valence-corrected chi connectivity index (χ4v) is 2.01. The Hall–Kier alpha value is -2.11. The van der Waals surface area contributed by atoms with Gasteiger partial charge in [0, 0.05) is 31.2 Å². The Morgan fingerprint density at radius 3 is 2.65 bits per heavy atom. The van der Waals surface area contributed by atoms with E-state index in [0.29, 0.717) is 24.8 Å². The van der Waals surface area contributed by atoms with Gasteiger partial charge in [-0.05, 0) is 13.8 Å². The summed E-state index contributed by atoms with van der Waals surface area (Å²) in [6.45, 7) is 5.11. The van der Waals surface area contributed by atoms with Crippen molar-refractivity contribution in [1.82, 2.24) is 15.1 Å². The number of allylic oxidation sites excluding steroid dienone is 1. The van der Waals surface area contributed by atoms with Crippen LogP contribution in [0.2, 0.25) is 0 Å². The second-order valence-corrected chi connectivity index (χ2v) is 4.95. The second-order valence-electron chi connectivity index (χ2n) is 4.95. The largest absolute Gasteiger partial charge is 0.480 e. The number of carbonyl (C=O) groups is 1. The first-order valence-corrected chi connectivity index (χ1v) is 6.56. The second kappa shape index (κ2) is 6.36. The fourth-order valence-electron chi connectivity index (χ4n) is 2.01. The summed E-state index contributed by atoms with van der Waals surface area (Å²) in [7, 11) is 1.54. The normalized spacial score (nSPS) is 17.8. The number of methoxy groups -OCH3 is 1. The van der Waals surface area contributed by atoms with E-state index >= 15 is 0 Å². The predicted molar refractivity (Wildman–Crippen MR) is 73.6 cm³/mol. The average molecular weight is 277 g/mol. The van der Waals surface area contributed by atoms with Crippen LogP contribution >= 0.6 is 0 Å². The number of aromatic nitrogens is 2. The average Bonchev–Trinajstić information content (AvgIpc) is 2.87. The quantitative estimate of drug-likeness (QED) is 0.779. The molecule has 108 valence electrons. The zero-order chi connectivity index (χ0) is 14.5. The number of likely N-dealkylation sites (tertiary alicyclic amines) is 1. The van der Waals surface area contributed by atoms with Gasteiger partial charge in [0.2, 0.25) is 17.7 Å². The van der Waals surface area contributed by atoms with E-state index in [4.69, 9.17) is 9.47 Å². The lowest BCUT2D eigenvalue weighted by atomic mass is 10.3. The van der Waals surface area contributed by atoms with E-state index in [1.54, 1.807) is 23.1 Å². The van der Waals surface area contributed by atoms with E-state index in [1.807, 2.05) is 13.8 Å². The first kappa shape index (κ1) is 14.3. The highest BCUT2D eigenvalue weighted by Crippen LogP contribution is 2.17. The smallest absolute Gasteiger partial charge is 0.246 e. The Morgan fingerprint density at radius 1 is 1.35 bits per heavy atom. The number of carbonyl (C=O) groups excluding carboxylic acids is 1. The number of rotatable bonds is 4. The van der Waals surface area contributed by atoms with Crippen LogP contribution in [0.5, 0.6) is 11.8 Å². The topological polar surface area (TPSA) is 64.6 Å². The lowest BCUT2D eigenvalue weighted by molar-refractivity contribution is -0.125. The molecular formula is C14H19N3O3. The molecule has 1 saturated heterocycles. The molecule has 1 fully saturated rings. The molecule has 0 spiro atoms. The van der Waals surface area contributed by atoms with Gasteiger partial charge in [0.1, 0.15) is 6.10 Å². The van der Waals surface area contributed by atoms with Crippen LogP contribution < -0.4 is 9.47 Å². The van der Waals surface area contributed by atoms with Crippen LogP contribution in [0.25, 0.3) is 0 Å². The van der Waals surface area contributed by atoms with Gasteiger partial charge in [0.15, 0.2) is 0 Å². The van der Waals surface area contributed by atoms with Gasteiger partial charge in [0.25, 0.3) is 0 Å². The van der Waals surface area contributed by atoms with Crippen molar-refractivity contribution in [2.24, 2.45) is 0 Å². The van der Waals surface area contributed by atoms with Crippen molar-refractivity contribution in [3.05, 3.63) is 23.8 Å². The molecule has 2 heterocycles. The van der Waals surface area contributed by atoms with Crippen molar-refractivity contribution in [3.63, 3.8) is 0 Å². The van der Waals surface area contributed by atoms with E-state index in [-0.39, 0.29) is 12.0 Å². The van der Waals surface area contributed by atoms with Crippen LogP contribution in [-0.4, -0.2) is 47.3 Å². The Balaban J connectivity index is 1.89. The van der Waals surface area contributed by atoms with E-state index in [9.17, 15) is 4.79 Å². The van der Waals surface area contributed by atoms with Gasteiger partial charge in [-0.25, -0.2) is 0 Å². The van der Waals surface area contributed by atoms with Crippen molar-refractivity contribution in [2.75, 3.05) is 20.2 Å². The highest BCUT2D eigenvalue weighted by molar-refractivity contribution is 5.88. The summed E-state index contributed by atoms with van der Waals surface area (Å²) in [6.07, 6.45) is 2.42. The van der Waals surface area contributed by atoms with Crippen LogP contribution in [0.1, 0.15) is 20.3 Å². The molecular weight excluding hydrogens is 258 g/mol. The summed E-state index contributed by atoms with van der Waals surface area (Å²) in [5.41, 5.74) is 1.00. The lowest BCUT2D eigenvalue weighted by Gasteiger charge is -2.15. The maximum Gasteiger partial charge on any atom is 0.246 e. The third-order valence-corrected chi connectivity index (χ3v) is 2.98. The summed E-state index contributed by atoms with van der Waals surface area (Å²) in [5.74, 6) is 0.938. The molecule has 1 aliphatic rings. The van der Waals surface area contributed by atoms with Gasteiger partial charge in [-0.3, -0.25) is 4.79 Å². The molecule has 0 aromatic carbocycles. The monoisotopic (exact) mass is 277 g/mol. The molecule has 1 aliphatic heterocycles. The number of hydrogen-bond donors (Lipinski definition) is 0. The van der Waals surface area contributed by atoms with E-state index < -0.39 is 0 Å². The molecule has 6 nitrogen and oxygen atoms in total. The van der Waals surface area contributed by atoms with Gasteiger partial charge in [0.05, 0.1) is 13.7 Å². The molecule has 1 unspecified atom stereocenters. The number of hydrogen-bond acceptors (Lipinski definition) is 5. The van der Waals surface area contributed by atoms with Crippen LogP contribution in [0.3, 0.4) is 0 Å². The summed E-state index contributed by atoms with van der Waals surface area (Å²) >= 11 is 0. The molecule has 2 rings (SSSR count). The van der Waals surface area contributed by atoms with Gasteiger partial charge in [-0.15, -0.1) is 10.2 Å². The molecule has 0 saturated carbocycles. The molecule has 0 aliphatic carbocycles. The van der Waals surface area contributed by atoms with Crippen molar-refractivity contribution in [1.29, 1.82) is 0 Å². The van der Waals surface area contributed by atoms with E-state index in [0.717, 1.165) is 12.0 Å². The zero-order valence-electron chi connectivity index (χ0n) is 12.0. The standard InChI is InChI=1S/C14H19N3O3/c1-10(2)8-14(18)17-7-6-11(9-17)20-13-5-4-12(19-3)15-16-13/h4-5,8,11H,6-7,9H2,1-3H3. The number of ether oxygens (including phenoxy) is 2. The molecule has 20 heavy (non-hydrogen) atoms. The van der Waals surface area contributed by atoms with Crippen molar-refractivity contribution >= 4 is 5.91 Å². The SMILES string of the molecule is COc1ccc(OC2CCN(C(=O)C=C(C)C)C2)nn1. The Bertz CT molecular complexity index is 495. The molecule has 1 aromatic rings. The summed E-state index contributed by atoms with van der Waals surface area (Å²) in [5, 5.41) is 7.76. The van der Waals surface area contributed by atoms with Crippen LogP contribution in [0.4, 0.5) is 0 Å². The molecule has 6 heteroatoms. The summed E-state index contributed by atoms with van der Waals surface area (Å²) < 4.78 is 10.7. The van der Waals surface area contributed by atoms with Gasteiger partial charge in [-0.1, -0.05) is 5.57 Å². The Morgan fingerprint density at radius 2 is 2.05 bits per heavy atom.